The van der Waals surface area contributed by atoms with E-state index in [4.69, 9.17) is 16.7 Å². The van der Waals surface area contributed by atoms with E-state index in [0.717, 1.165) is 12.1 Å². The maximum atomic E-state index is 12.4. The maximum absolute atomic E-state index is 12.4. The van der Waals surface area contributed by atoms with Gasteiger partial charge in [-0.3, -0.25) is 0 Å². The quantitative estimate of drug-likeness (QED) is 0.862. The Bertz CT molecular complexity index is 585. The molecule has 2 aromatic rings. The average molecular weight is 289 g/mol. The molecule has 0 bridgehead atoms. The van der Waals surface area contributed by atoms with E-state index in [1.165, 1.54) is 18.3 Å². The summed E-state index contributed by atoms with van der Waals surface area (Å²) in [7, 11) is 0. The van der Waals surface area contributed by atoms with Crippen molar-refractivity contribution in [2.75, 3.05) is 0 Å². The zero-order valence-corrected chi connectivity index (χ0v) is 10.2. The molecule has 2 rings (SSSR count). The summed E-state index contributed by atoms with van der Waals surface area (Å²) in [5.74, 6) is 0.205. The average Bonchev–Trinajstić information content (AvgIpc) is 2.38. The molecular weight excluding hydrogens is 281 g/mol. The molecule has 0 unspecified atom stereocenters. The highest BCUT2D eigenvalue weighted by Gasteiger charge is 2.30. The van der Waals surface area contributed by atoms with Gasteiger partial charge in [0.1, 0.15) is 5.15 Å². The second kappa shape index (κ2) is 5.14. The third-order valence-electron chi connectivity index (χ3n) is 2.45. The third-order valence-corrected chi connectivity index (χ3v) is 2.78. The number of aromatic nitrogens is 2. The first-order valence-corrected chi connectivity index (χ1v) is 5.59. The lowest BCUT2D eigenvalue weighted by molar-refractivity contribution is -0.137. The van der Waals surface area contributed by atoms with E-state index in [-0.39, 0.29) is 17.6 Å². The van der Waals surface area contributed by atoms with E-state index in [0.29, 0.717) is 11.1 Å². The van der Waals surface area contributed by atoms with Crippen LogP contribution < -0.4 is 0 Å². The van der Waals surface area contributed by atoms with Gasteiger partial charge in [0.15, 0.2) is 5.82 Å². The van der Waals surface area contributed by atoms with Crippen LogP contribution in [0.1, 0.15) is 11.1 Å². The first kappa shape index (κ1) is 13.8. The van der Waals surface area contributed by atoms with Crippen LogP contribution in [0.25, 0.3) is 11.4 Å². The number of hydrogen-bond donors (Lipinski definition) is 1. The van der Waals surface area contributed by atoms with Crippen LogP contribution >= 0.6 is 11.6 Å². The molecule has 1 aromatic carbocycles. The van der Waals surface area contributed by atoms with Crippen molar-refractivity contribution in [3.05, 3.63) is 46.7 Å². The van der Waals surface area contributed by atoms with Crippen LogP contribution in [0.5, 0.6) is 0 Å². The Morgan fingerprint density at radius 1 is 1.16 bits per heavy atom. The molecule has 0 fully saturated rings. The van der Waals surface area contributed by atoms with E-state index in [9.17, 15) is 13.2 Å². The maximum Gasteiger partial charge on any atom is 0.416 e. The second-order valence-corrected chi connectivity index (χ2v) is 4.10. The topological polar surface area (TPSA) is 46.0 Å². The molecule has 3 nitrogen and oxygen atoms in total. The number of halogens is 4. The molecule has 19 heavy (non-hydrogen) atoms. The van der Waals surface area contributed by atoms with Crippen molar-refractivity contribution < 1.29 is 18.3 Å². The van der Waals surface area contributed by atoms with Gasteiger partial charge in [-0.25, -0.2) is 9.97 Å². The molecule has 0 aliphatic carbocycles. The molecule has 1 aromatic heterocycles. The fourth-order valence-corrected chi connectivity index (χ4v) is 1.63. The first-order chi connectivity index (χ1) is 8.91. The summed E-state index contributed by atoms with van der Waals surface area (Å²) >= 11 is 5.79. The molecule has 0 spiro atoms. The summed E-state index contributed by atoms with van der Waals surface area (Å²) in [5, 5.41) is 8.99. The smallest absolute Gasteiger partial charge is 0.392 e. The van der Waals surface area contributed by atoms with E-state index < -0.39 is 11.7 Å². The molecular formula is C12H8ClF3N2O. The van der Waals surface area contributed by atoms with Gasteiger partial charge in [0, 0.05) is 17.3 Å². The molecule has 0 radical (unpaired) electrons. The molecule has 0 amide bonds. The van der Waals surface area contributed by atoms with E-state index in [2.05, 4.69) is 9.97 Å². The Morgan fingerprint density at radius 2 is 1.79 bits per heavy atom. The number of benzene rings is 1. The van der Waals surface area contributed by atoms with Gasteiger partial charge in [0.25, 0.3) is 0 Å². The molecule has 0 aliphatic heterocycles. The van der Waals surface area contributed by atoms with Gasteiger partial charge in [-0.15, -0.1) is 0 Å². The van der Waals surface area contributed by atoms with Crippen molar-refractivity contribution in [1.82, 2.24) is 9.97 Å². The first-order valence-electron chi connectivity index (χ1n) is 5.21. The Morgan fingerprint density at radius 3 is 2.26 bits per heavy atom. The summed E-state index contributed by atoms with van der Waals surface area (Å²) in [6, 6.07) is 4.44. The molecule has 1 N–H and O–H groups in total. The highest BCUT2D eigenvalue weighted by atomic mass is 35.5. The Labute approximate surface area is 111 Å². The number of hydrogen-bond acceptors (Lipinski definition) is 3. The van der Waals surface area contributed by atoms with Crippen molar-refractivity contribution in [2.24, 2.45) is 0 Å². The molecule has 0 saturated carbocycles. The van der Waals surface area contributed by atoms with Crippen LogP contribution in [0.15, 0.2) is 30.5 Å². The fraction of sp³-hybridized carbons (Fsp3) is 0.167. The minimum Gasteiger partial charge on any atom is -0.392 e. The SMILES string of the molecule is OCc1cnc(-c2ccc(C(F)(F)F)cc2)nc1Cl. The standard InChI is InChI=1S/C12H8ClF3N2O/c13-10-8(6-19)5-17-11(18-10)7-1-3-9(4-2-7)12(14,15)16/h1-5,19H,6H2. The molecule has 0 atom stereocenters. The number of rotatable bonds is 2. The van der Waals surface area contributed by atoms with Crippen molar-refractivity contribution in [1.29, 1.82) is 0 Å². The van der Waals surface area contributed by atoms with Crippen molar-refractivity contribution in [3.63, 3.8) is 0 Å². The summed E-state index contributed by atoms with van der Waals surface area (Å²) in [4.78, 5) is 7.85. The van der Waals surface area contributed by atoms with Crippen LogP contribution in [-0.2, 0) is 12.8 Å². The summed E-state index contributed by atoms with van der Waals surface area (Å²) in [6.45, 7) is -0.299. The van der Waals surface area contributed by atoms with Gasteiger partial charge in [-0.05, 0) is 12.1 Å². The van der Waals surface area contributed by atoms with Crippen molar-refractivity contribution >= 4 is 11.6 Å². The summed E-state index contributed by atoms with van der Waals surface area (Å²) in [5.41, 5.74) is 0.0334. The zero-order chi connectivity index (χ0) is 14.0. The normalized spacial score (nSPS) is 11.6. The number of nitrogens with zero attached hydrogens (tertiary/aromatic N) is 2. The predicted octanol–water partition coefficient (Wildman–Crippen LogP) is 3.31. The number of alkyl halides is 3. The third kappa shape index (κ3) is 3.02. The van der Waals surface area contributed by atoms with Crippen LogP contribution in [-0.4, -0.2) is 15.1 Å². The van der Waals surface area contributed by atoms with Gasteiger partial charge < -0.3 is 5.11 Å². The highest BCUT2D eigenvalue weighted by molar-refractivity contribution is 6.30. The van der Waals surface area contributed by atoms with Gasteiger partial charge in [0.2, 0.25) is 0 Å². The van der Waals surface area contributed by atoms with E-state index in [1.807, 2.05) is 0 Å². The number of aliphatic hydroxyl groups is 1. The van der Waals surface area contributed by atoms with Gasteiger partial charge in [0.05, 0.1) is 12.2 Å². The minimum atomic E-state index is -4.38. The van der Waals surface area contributed by atoms with Gasteiger partial charge in [-0.2, -0.15) is 13.2 Å². The van der Waals surface area contributed by atoms with E-state index in [1.54, 1.807) is 0 Å². The largest absolute Gasteiger partial charge is 0.416 e. The van der Waals surface area contributed by atoms with Crippen molar-refractivity contribution in [2.45, 2.75) is 12.8 Å². The van der Waals surface area contributed by atoms with E-state index >= 15 is 0 Å². The lowest BCUT2D eigenvalue weighted by atomic mass is 10.1. The zero-order valence-electron chi connectivity index (χ0n) is 9.45. The molecule has 0 saturated heterocycles. The number of aliphatic hydroxyl groups excluding tert-OH is 1. The second-order valence-electron chi connectivity index (χ2n) is 3.74. The predicted molar refractivity (Wildman–Crippen MR) is 63.4 cm³/mol. The minimum absolute atomic E-state index is 0.0763. The lowest BCUT2D eigenvalue weighted by Crippen LogP contribution is -2.04. The molecule has 0 aliphatic rings. The highest BCUT2D eigenvalue weighted by Crippen LogP contribution is 2.30. The van der Waals surface area contributed by atoms with Crippen LogP contribution in [0, 0.1) is 0 Å². The van der Waals surface area contributed by atoms with Crippen LogP contribution in [0.4, 0.5) is 13.2 Å². The molecule has 7 heteroatoms. The van der Waals surface area contributed by atoms with Crippen LogP contribution in [0.3, 0.4) is 0 Å². The van der Waals surface area contributed by atoms with Gasteiger partial charge in [-0.1, -0.05) is 23.7 Å². The molecule has 100 valence electrons. The van der Waals surface area contributed by atoms with Crippen molar-refractivity contribution in [3.8, 4) is 11.4 Å². The fourth-order valence-electron chi connectivity index (χ4n) is 1.44. The molecule has 1 heterocycles. The van der Waals surface area contributed by atoms with Gasteiger partial charge >= 0.3 is 6.18 Å². The lowest BCUT2D eigenvalue weighted by Gasteiger charge is -2.07. The summed E-state index contributed by atoms with van der Waals surface area (Å²) in [6.07, 6.45) is -3.04. The van der Waals surface area contributed by atoms with Crippen LogP contribution in [0.2, 0.25) is 5.15 Å². The Kier molecular flexibility index (Phi) is 3.73. The Hall–Kier alpha value is -1.66. The monoisotopic (exact) mass is 288 g/mol. The Balaban J connectivity index is 2.35. The summed E-state index contributed by atoms with van der Waals surface area (Å²) < 4.78 is 37.2.